The predicted molar refractivity (Wildman–Crippen MR) is 93.5 cm³/mol. The molecule has 130 valence electrons. The van der Waals surface area contributed by atoms with Gasteiger partial charge in [-0.3, -0.25) is 9.59 Å². The van der Waals surface area contributed by atoms with Crippen LogP contribution in [0.3, 0.4) is 0 Å². The quantitative estimate of drug-likeness (QED) is 0.782. The second kappa shape index (κ2) is 6.54. The van der Waals surface area contributed by atoms with Crippen molar-refractivity contribution in [3.8, 4) is 0 Å². The Kier molecular flexibility index (Phi) is 4.78. The zero-order valence-corrected chi connectivity index (χ0v) is 14.9. The molecule has 0 bridgehead atoms. The van der Waals surface area contributed by atoms with Gasteiger partial charge in [0.05, 0.1) is 22.8 Å². The summed E-state index contributed by atoms with van der Waals surface area (Å²) in [7, 11) is 0. The van der Waals surface area contributed by atoms with E-state index in [9.17, 15) is 9.59 Å². The number of alkyl halides is 2. The Hall–Kier alpha value is -1.30. The zero-order valence-electron chi connectivity index (χ0n) is 13.4. The maximum absolute atomic E-state index is 12.4. The van der Waals surface area contributed by atoms with Crippen molar-refractivity contribution in [3.05, 3.63) is 29.8 Å². The first-order chi connectivity index (χ1) is 11.3. The van der Waals surface area contributed by atoms with E-state index in [-0.39, 0.29) is 17.9 Å². The van der Waals surface area contributed by atoms with Gasteiger partial charge in [-0.05, 0) is 38.3 Å². The van der Waals surface area contributed by atoms with Gasteiger partial charge in [0.25, 0.3) is 5.91 Å². The Morgan fingerprint density at radius 2 is 2.04 bits per heavy atom. The topological polar surface area (TPSA) is 67.4 Å². The number of halogens is 2. The Balaban J connectivity index is 1.66. The second-order valence-electron chi connectivity index (χ2n) is 6.56. The van der Waals surface area contributed by atoms with E-state index >= 15 is 0 Å². The molecule has 1 aromatic carbocycles. The predicted octanol–water partition coefficient (Wildman–Crippen LogP) is 3.12. The number of amides is 2. The van der Waals surface area contributed by atoms with Gasteiger partial charge >= 0.3 is 0 Å². The summed E-state index contributed by atoms with van der Waals surface area (Å²) >= 11 is 12.1. The lowest BCUT2D eigenvalue weighted by Gasteiger charge is -2.16. The SMILES string of the molecule is C[C@]1(C(=O)Nc2ccccc2C(=O)NC[C@@H]2CCCO2)CC1(Cl)Cl. The summed E-state index contributed by atoms with van der Waals surface area (Å²) in [6.07, 6.45) is 2.42. The van der Waals surface area contributed by atoms with Crippen molar-refractivity contribution in [2.75, 3.05) is 18.5 Å². The summed E-state index contributed by atoms with van der Waals surface area (Å²) < 4.78 is 4.45. The molecular weight excluding hydrogens is 351 g/mol. The molecule has 2 N–H and O–H groups in total. The lowest BCUT2D eigenvalue weighted by atomic mass is 10.1. The minimum absolute atomic E-state index is 0.0641. The van der Waals surface area contributed by atoms with Crippen LogP contribution in [0.4, 0.5) is 5.69 Å². The van der Waals surface area contributed by atoms with E-state index in [0.717, 1.165) is 19.4 Å². The summed E-state index contributed by atoms with van der Waals surface area (Å²) in [5.41, 5.74) is 0.0182. The van der Waals surface area contributed by atoms with Crippen LogP contribution in [0.2, 0.25) is 0 Å². The molecular formula is C17H20Cl2N2O3. The van der Waals surface area contributed by atoms with Gasteiger partial charge in [0.15, 0.2) is 0 Å². The van der Waals surface area contributed by atoms with Crippen LogP contribution in [0.1, 0.15) is 36.5 Å². The monoisotopic (exact) mass is 370 g/mol. The molecule has 0 aromatic heterocycles. The summed E-state index contributed by atoms with van der Waals surface area (Å²) in [5.74, 6) is -0.530. The van der Waals surface area contributed by atoms with Gasteiger partial charge in [-0.25, -0.2) is 0 Å². The first-order valence-corrected chi connectivity index (χ1v) is 8.77. The Bertz CT molecular complexity index is 659. The fourth-order valence-electron chi connectivity index (χ4n) is 2.80. The fourth-order valence-corrected chi connectivity index (χ4v) is 3.51. The molecule has 0 radical (unpaired) electrons. The van der Waals surface area contributed by atoms with E-state index < -0.39 is 9.75 Å². The Morgan fingerprint density at radius 1 is 1.33 bits per heavy atom. The first-order valence-electron chi connectivity index (χ1n) is 8.02. The number of carbonyl (C=O) groups excluding carboxylic acids is 2. The molecule has 7 heteroatoms. The van der Waals surface area contributed by atoms with Crippen LogP contribution < -0.4 is 10.6 Å². The smallest absolute Gasteiger partial charge is 0.253 e. The Morgan fingerprint density at radius 3 is 2.67 bits per heavy atom. The van der Waals surface area contributed by atoms with Gasteiger partial charge in [-0.2, -0.15) is 0 Å². The van der Waals surface area contributed by atoms with E-state index in [1.165, 1.54) is 0 Å². The van der Waals surface area contributed by atoms with Gasteiger partial charge in [-0.1, -0.05) is 12.1 Å². The summed E-state index contributed by atoms with van der Waals surface area (Å²) in [5, 5.41) is 5.64. The lowest BCUT2D eigenvalue weighted by Crippen LogP contribution is -2.33. The van der Waals surface area contributed by atoms with E-state index in [1.54, 1.807) is 31.2 Å². The number of benzene rings is 1. The van der Waals surface area contributed by atoms with Crippen molar-refractivity contribution >= 4 is 40.7 Å². The fraction of sp³-hybridized carbons (Fsp3) is 0.529. The summed E-state index contributed by atoms with van der Waals surface area (Å²) in [4.78, 5) is 24.8. The number of hydrogen-bond acceptors (Lipinski definition) is 3. The first kappa shape index (κ1) is 17.5. The zero-order chi connectivity index (χ0) is 17.4. The van der Waals surface area contributed by atoms with Crippen molar-refractivity contribution in [1.29, 1.82) is 0 Å². The maximum atomic E-state index is 12.4. The van der Waals surface area contributed by atoms with Crippen LogP contribution in [-0.2, 0) is 9.53 Å². The van der Waals surface area contributed by atoms with Crippen LogP contribution in [0.25, 0.3) is 0 Å². The molecule has 24 heavy (non-hydrogen) atoms. The molecule has 2 amide bonds. The molecule has 1 aliphatic carbocycles. The van der Waals surface area contributed by atoms with Crippen molar-refractivity contribution in [2.45, 2.75) is 36.6 Å². The van der Waals surface area contributed by atoms with Crippen LogP contribution in [-0.4, -0.2) is 35.4 Å². The number of nitrogens with one attached hydrogen (secondary N) is 2. The van der Waals surface area contributed by atoms with Gasteiger partial charge in [0.2, 0.25) is 5.91 Å². The van der Waals surface area contributed by atoms with Gasteiger partial charge in [-0.15, -0.1) is 23.2 Å². The van der Waals surface area contributed by atoms with Crippen LogP contribution in [0.5, 0.6) is 0 Å². The normalized spacial score (nSPS) is 27.5. The molecule has 2 aliphatic rings. The number of hydrogen-bond donors (Lipinski definition) is 2. The number of ether oxygens (including phenoxy) is 1. The summed E-state index contributed by atoms with van der Waals surface area (Å²) in [6.45, 7) is 2.91. The average Bonchev–Trinajstić information content (AvgIpc) is 2.93. The number of rotatable bonds is 5. The van der Waals surface area contributed by atoms with Gasteiger partial charge < -0.3 is 15.4 Å². The third-order valence-electron chi connectivity index (χ3n) is 4.69. The minimum atomic E-state index is -1.05. The average molecular weight is 371 g/mol. The van der Waals surface area contributed by atoms with Crippen molar-refractivity contribution in [1.82, 2.24) is 5.32 Å². The number of carbonyl (C=O) groups is 2. The largest absolute Gasteiger partial charge is 0.376 e. The highest BCUT2D eigenvalue weighted by Crippen LogP contribution is 2.64. The molecule has 0 spiro atoms. The standard InChI is InChI=1S/C17H20Cl2N2O3/c1-16(10-17(16,18)19)15(23)21-13-7-3-2-6-12(13)14(22)20-9-11-5-4-8-24-11/h2-3,6-7,11H,4-5,8-10H2,1H3,(H,20,22)(H,21,23)/t11-,16+/m0/s1. The molecule has 1 saturated carbocycles. The van der Waals surface area contributed by atoms with Gasteiger partial charge in [0, 0.05) is 13.2 Å². The van der Waals surface area contributed by atoms with Crippen LogP contribution >= 0.6 is 23.2 Å². The molecule has 1 saturated heterocycles. The molecule has 1 aromatic rings. The van der Waals surface area contributed by atoms with Crippen LogP contribution in [0.15, 0.2) is 24.3 Å². The highest BCUT2D eigenvalue weighted by Gasteiger charge is 2.67. The minimum Gasteiger partial charge on any atom is -0.376 e. The number of anilines is 1. The van der Waals surface area contributed by atoms with E-state index in [4.69, 9.17) is 27.9 Å². The number of para-hydroxylation sites is 1. The lowest BCUT2D eigenvalue weighted by molar-refractivity contribution is -0.120. The highest BCUT2D eigenvalue weighted by atomic mass is 35.5. The molecule has 5 nitrogen and oxygen atoms in total. The maximum Gasteiger partial charge on any atom is 0.253 e. The molecule has 1 aliphatic heterocycles. The van der Waals surface area contributed by atoms with Crippen LogP contribution in [0, 0.1) is 5.41 Å². The molecule has 1 heterocycles. The van der Waals surface area contributed by atoms with Crippen molar-refractivity contribution in [2.24, 2.45) is 5.41 Å². The second-order valence-corrected chi connectivity index (χ2v) is 8.04. The third-order valence-corrected chi connectivity index (χ3v) is 5.79. The molecule has 2 fully saturated rings. The molecule has 2 atom stereocenters. The van der Waals surface area contributed by atoms with Gasteiger partial charge in [0.1, 0.15) is 4.33 Å². The van der Waals surface area contributed by atoms with E-state index in [2.05, 4.69) is 10.6 Å². The van der Waals surface area contributed by atoms with E-state index in [1.807, 2.05) is 0 Å². The summed E-state index contributed by atoms with van der Waals surface area (Å²) in [6, 6.07) is 6.87. The van der Waals surface area contributed by atoms with E-state index in [0.29, 0.717) is 24.2 Å². The highest BCUT2D eigenvalue weighted by molar-refractivity contribution is 6.53. The molecule has 3 rings (SSSR count). The molecule has 0 unspecified atom stereocenters. The van der Waals surface area contributed by atoms with Crippen molar-refractivity contribution < 1.29 is 14.3 Å². The van der Waals surface area contributed by atoms with Crippen molar-refractivity contribution in [3.63, 3.8) is 0 Å². The Labute approximate surface area is 151 Å². The third kappa shape index (κ3) is 3.39.